The van der Waals surface area contributed by atoms with Gasteiger partial charge in [-0.05, 0) is 43.7 Å². The van der Waals surface area contributed by atoms with Crippen LogP contribution in [-0.4, -0.2) is 12.1 Å². The summed E-state index contributed by atoms with van der Waals surface area (Å²) >= 11 is 0. The fourth-order valence-corrected chi connectivity index (χ4v) is 1.47. The zero-order chi connectivity index (χ0) is 13.4. The monoisotopic (exact) mass is 250 g/mol. The van der Waals surface area contributed by atoms with Crippen LogP contribution in [0.5, 0.6) is 0 Å². The minimum atomic E-state index is -0.428. The molecule has 1 unspecified atom stereocenters. The van der Waals surface area contributed by atoms with Crippen molar-refractivity contribution >= 4 is 5.97 Å². The van der Waals surface area contributed by atoms with Crippen LogP contribution in [-0.2, 0) is 4.74 Å². The molecular formula is C15H19FO2. The summed E-state index contributed by atoms with van der Waals surface area (Å²) in [6, 6.07) is 5.34. The Morgan fingerprint density at radius 3 is 2.67 bits per heavy atom. The number of hydrogen-bond donors (Lipinski definition) is 0. The molecule has 0 saturated heterocycles. The minimum absolute atomic E-state index is 0.264. The van der Waals surface area contributed by atoms with Gasteiger partial charge in [0.2, 0.25) is 0 Å². The van der Waals surface area contributed by atoms with E-state index in [0.717, 1.165) is 19.3 Å². The second kappa shape index (κ2) is 7.64. The molecule has 3 heteroatoms. The Balaban J connectivity index is 2.44. The first-order chi connectivity index (χ1) is 8.63. The fourth-order valence-electron chi connectivity index (χ4n) is 1.47. The lowest BCUT2D eigenvalue weighted by atomic mass is 10.2. The summed E-state index contributed by atoms with van der Waals surface area (Å²) < 4.78 is 17.9. The highest BCUT2D eigenvalue weighted by atomic mass is 19.1. The Kier molecular flexibility index (Phi) is 6.12. The summed E-state index contributed by atoms with van der Waals surface area (Å²) in [5, 5.41) is 0. The molecule has 1 atom stereocenters. The maximum Gasteiger partial charge on any atom is 0.338 e. The van der Waals surface area contributed by atoms with E-state index in [-0.39, 0.29) is 11.9 Å². The number of allylic oxidation sites excluding steroid dienone is 1. The number of rotatable bonds is 6. The average Bonchev–Trinajstić information content (AvgIpc) is 2.35. The molecule has 0 radical (unpaired) electrons. The maximum absolute atomic E-state index is 12.7. The van der Waals surface area contributed by atoms with Crippen LogP contribution in [0.4, 0.5) is 4.39 Å². The van der Waals surface area contributed by atoms with Gasteiger partial charge in [-0.1, -0.05) is 25.8 Å². The zero-order valence-electron chi connectivity index (χ0n) is 10.9. The van der Waals surface area contributed by atoms with Crippen molar-refractivity contribution in [2.45, 2.75) is 39.2 Å². The Labute approximate surface area is 107 Å². The molecule has 1 aromatic carbocycles. The number of carbonyl (C=O) groups is 1. The van der Waals surface area contributed by atoms with E-state index < -0.39 is 5.97 Å². The van der Waals surface area contributed by atoms with Gasteiger partial charge in [-0.2, -0.15) is 0 Å². The Morgan fingerprint density at radius 2 is 2.06 bits per heavy atom. The van der Waals surface area contributed by atoms with Gasteiger partial charge in [-0.3, -0.25) is 0 Å². The van der Waals surface area contributed by atoms with E-state index in [2.05, 4.69) is 6.92 Å². The molecule has 0 aliphatic heterocycles. The minimum Gasteiger partial charge on any atom is -0.455 e. The second-order valence-electron chi connectivity index (χ2n) is 4.19. The van der Waals surface area contributed by atoms with Crippen LogP contribution in [0.3, 0.4) is 0 Å². The first kappa shape index (κ1) is 14.4. The normalized spacial score (nSPS) is 12.6. The van der Waals surface area contributed by atoms with Crippen LogP contribution >= 0.6 is 0 Å². The molecule has 0 heterocycles. The van der Waals surface area contributed by atoms with Crippen LogP contribution in [0.15, 0.2) is 36.4 Å². The van der Waals surface area contributed by atoms with Crippen LogP contribution in [0.25, 0.3) is 0 Å². The highest BCUT2D eigenvalue weighted by molar-refractivity contribution is 5.89. The number of halogens is 1. The molecule has 0 fully saturated rings. The van der Waals surface area contributed by atoms with Gasteiger partial charge in [0.25, 0.3) is 0 Å². The predicted octanol–water partition coefficient (Wildman–Crippen LogP) is 4.12. The molecule has 0 aliphatic rings. The van der Waals surface area contributed by atoms with E-state index in [1.807, 2.05) is 19.1 Å². The predicted molar refractivity (Wildman–Crippen MR) is 69.9 cm³/mol. The largest absolute Gasteiger partial charge is 0.455 e. The van der Waals surface area contributed by atoms with Crippen molar-refractivity contribution in [1.29, 1.82) is 0 Å². The van der Waals surface area contributed by atoms with Crippen LogP contribution < -0.4 is 0 Å². The molecular weight excluding hydrogens is 231 g/mol. The van der Waals surface area contributed by atoms with Crippen molar-refractivity contribution in [2.24, 2.45) is 0 Å². The van der Waals surface area contributed by atoms with Crippen molar-refractivity contribution < 1.29 is 13.9 Å². The number of unbranched alkanes of at least 4 members (excludes halogenated alkanes) is 2. The molecule has 1 aromatic rings. The van der Waals surface area contributed by atoms with Gasteiger partial charge < -0.3 is 4.74 Å². The first-order valence-electron chi connectivity index (χ1n) is 6.26. The summed E-state index contributed by atoms with van der Waals surface area (Å²) in [5.74, 6) is -0.790. The molecule has 0 N–H and O–H groups in total. The zero-order valence-corrected chi connectivity index (χ0v) is 10.9. The molecule has 18 heavy (non-hydrogen) atoms. The van der Waals surface area contributed by atoms with Crippen molar-refractivity contribution in [2.75, 3.05) is 0 Å². The molecule has 1 rings (SSSR count). The van der Waals surface area contributed by atoms with Crippen molar-refractivity contribution in [3.05, 3.63) is 47.8 Å². The molecule has 2 nitrogen and oxygen atoms in total. The fraction of sp³-hybridized carbons (Fsp3) is 0.400. The van der Waals surface area contributed by atoms with Gasteiger partial charge in [0.1, 0.15) is 11.9 Å². The van der Waals surface area contributed by atoms with Gasteiger partial charge >= 0.3 is 5.97 Å². The summed E-state index contributed by atoms with van der Waals surface area (Å²) in [6.07, 6.45) is 6.90. The number of hydrogen-bond acceptors (Lipinski definition) is 2. The SMILES string of the molecule is CCCC/C=C/C(C)OC(=O)c1ccc(F)cc1. The van der Waals surface area contributed by atoms with Gasteiger partial charge in [0.15, 0.2) is 0 Å². The second-order valence-corrected chi connectivity index (χ2v) is 4.19. The molecule has 0 amide bonds. The molecule has 98 valence electrons. The molecule has 0 saturated carbocycles. The third kappa shape index (κ3) is 5.13. The highest BCUT2D eigenvalue weighted by Gasteiger charge is 2.09. The number of benzene rings is 1. The van der Waals surface area contributed by atoms with Gasteiger partial charge in [0.05, 0.1) is 5.56 Å². The topological polar surface area (TPSA) is 26.3 Å². The smallest absolute Gasteiger partial charge is 0.338 e. The summed E-state index contributed by atoms with van der Waals surface area (Å²) in [7, 11) is 0. The molecule has 0 aliphatic carbocycles. The van der Waals surface area contributed by atoms with E-state index >= 15 is 0 Å². The number of esters is 1. The number of carbonyl (C=O) groups excluding carboxylic acids is 1. The Bertz CT molecular complexity index is 395. The Hall–Kier alpha value is -1.64. The van der Waals surface area contributed by atoms with E-state index in [0.29, 0.717) is 5.56 Å². The lowest BCUT2D eigenvalue weighted by Crippen LogP contribution is -2.12. The van der Waals surface area contributed by atoms with Crippen molar-refractivity contribution in [1.82, 2.24) is 0 Å². The van der Waals surface area contributed by atoms with Crippen LogP contribution in [0.1, 0.15) is 43.5 Å². The quantitative estimate of drug-likeness (QED) is 0.431. The summed E-state index contributed by atoms with van der Waals surface area (Å²) in [4.78, 5) is 11.7. The third-order valence-corrected chi connectivity index (χ3v) is 2.50. The van der Waals surface area contributed by atoms with Gasteiger partial charge in [-0.15, -0.1) is 0 Å². The average molecular weight is 250 g/mol. The van der Waals surface area contributed by atoms with E-state index in [9.17, 15) is 9.18 Å². The lowest BCUT2D eigenvalue weighted by molar-refractivity contribution is 0.0424. The van der Waals surface area contributed by atoms with Crippen LogP contribution in [0.2, 0.25) is 0 Å². The van der Waals surface area contributed by atoms with Gasteiger partial charge in [-0.25, -0.2) is 9.18 Å². The summed E-state index contributed by atoms with van der Waals surface area (Å²) in [6.45, 7) is 3.94. The molecule has 0 spiro atoms. The standard InChI is InChI=1S/C15H19FO2/c1-3-4-5-6-7-12(2)18-15(17)13-8-10-14(16)11-9-13/h6-12H,3-5H2,1-2H3/b7-6+. The first-order valence-corrected chi connectivity index (χ1v) is 6.26. The van der Waals surface area contributed by atoms with E-state index in [1.165, 1.54) is 24.3 Å². The molecule has 0 aromatic heterocycles. The van der Waals surface area contributed by atoms with Gasteiger partial charge in [0, 0.05) is 0 Å². The van der Waals surface area contributed by atoms with E-state index in [4.69, 9.17) is 4.74 Å². The van der Waals surface area contributed by atoms with Crippen LogP contribution in [0, 0.1) is 5.82 Å². The summed E-state index contributed by atoms with van der Waals surface area (Å²) in [5.41, 5.74) is 0.366. The third-order valence-electron chi connectivity index (χ3n) is 2.50. The van der Waals surface area contributed by atoms with E-state index in [1.54, 1.807) is 0 Å². The van der Waals surface area contributed by atoms with Crippen molar-refractivity contribution in [3.63, 3.8) is 0 Å². The Morgan fingerprint density at radius 1 is 1.39 bits per heavy atom. The number of ether oxygens (including phenoxy) is 1. The maximum atomic E-state index is 12.7. The lowest BCUT2D eigenvalue weighted by Gasteiger charge is -2.09. The van der Waals surface area contributed by atoms with Crippen molar-refractivity contribution in [3.8, 4) is 0 Å². The molecule has 0 bridgehead atoms. The highest BCUT2D eigenvalue weighted by Crippen LogP contribution is 2.07.